The third-order valence-electron chi connectivity index (χ3n) is 3.35. The maximum atomic E-state index is 6.07. The van der Waals surface area contributed by atoms with Crippen LogP contribution in [0, 0.1) is 0 Å². The van der Waals surface area contributed by atoms with Gasteiger partial charge in [0.25, 0.3) is 0 Å². The maximum Gasteiger partial charge on any atom is 0.139 e. The van der Waals surface area contributed by atoms with Gasteiger partial charge in [0.15, 0.2) is 0 Å². The molecule has 0 heterocycles. The molecule has 0 aliphatic rings. The van der Waals surface area contributed by atoms with Gasteiger partial charge in [-0.15, -0.1) is 0 Å². The van der Waals surface area contributed by atoms with E-state index >= 15 is 0 Å². The molecule has 1 atom stereocenters. The van der Waals surface area contributed by atoms with E-state index in [1.807, 2.05) is 7.05 Å². The fourth-order valence-electron chi connectivity index (χ4n) is 2.12. The lowest BCUT2D eigenvalue weighted by Crippen LogP contribution is -2.14. The fourth-order valence-corrected chi connectivity index (χ4v) is 2.45. The van der Waals surface area contributed by atoms with Gasteiger partial charge in [-0.05, 0) is 36.2 Å². The number of halogens is 2. The molecule has 2 nitrogen and oxygen atoms in total. The second-order valence-electron chi connectivity index (χ2n) is 5.06. The van der Waals surface area contributed by atoms with Crippen molar-refractivity contribution in [1.29, 1.82) is 0 Å². The molecule has 0 saturated heterocycles. The van der Waals surface area contributed by atoms with Crippen LogP contribution in [0.4, 0.5) is 0 Å². The van der Waals surface area contributed by atoms with Crippen LogP contribution in [0.1, 0.15) is 24.0 Å². The molecule has 1 unspecified atom stereocenters. The van der Waals surface area contributed by atoms with Crippen LogP contribution in [-0.4, -0.2) is 13.6 Å². The minimum Gasteiger partial charge on any atom is -0.487 e. The lowest BCUT2D eigenvalue weighted by Gasteiger charge is -2.12. The molecule has 0 fully saturated rings. The van der Waals surface area contributed by atoms with E-state index < -0.39 is 0 Å². The van der Waals surface area contributed by atoms with Gasteiger partial charge < -0.3 is 10.1 Å². The summed E-state index contributed by atoms with van der Waals surface area (Å²) in [5.74, 6) is 1.10. The molecule has 0 saturated carbocycles. The molecule has 112 valence electrons. The highest BCUT2D eigenvalue weighted by Crippen LogP contribution is 2.28. The highest BCUT2D eigenvalue weighted by Gasteiger charge is 2.06. The number of likely N-dealkylation sites (N-methyl/N-ethyl adjacent to an activating group) is 1. The van der Waals surface area contributed by atoms with Gasteiger partial charge >= 0.3 is 0 Å². The van der Waals surface area contributed by atoms with Crippen LogP contribution in [0.2, 0.25) is 10.0 Å². The van der Waals surface area contributed by atoms with Gasteiger partial charge in [-0.3, -0.25) is 0 Å². The van der Waals surface area contributed by atoms with E-state index in [-0.39, 0.29) is 0 Å². The van der Waals surface area contributed by atoms with Gasteiger partial charge in [0.1, 0.15) is 12.4 Å². The molecule has 0 aliphatic heterocycles. The van der Waals surface area contributed by atoms with Gasteiger partial charge in [-0.25, -0.2) is 0 Å². The average molecular weight is 324 g/mol. The zero-order valence-electron chi connectivity index (χ0n) is 12.2. The topological polar surface area (TPSA) is 21.3 Å². The van der Waals surface area contributed by atoms with Gasteiger partial charge in [0, 0.05) is 17.6 Å². The third kappa shape index (κ3) is 4.63. The number of hydrogen-bond acceptors (Lipinski definition) is 2. The van der Waals surface area contributed by atoms with Crippen molar-refractivity contribution in [3.05, 3.63) is 63.6 Å². The summed E-state index contributed by atoms with van der Waals surface area (Å²) in [6.07, 6.45) is 0. The summed E-state index contributed by atoms with van der Waals surface area (Å²) in [7, 11) is 1.97. The Kier molecular flexibility index (Phi) is 5.92. The van der Waals surface area contributed by atoms with Gasteiger partial charge in [-0.1, -0.05) is 54.4 Å². The summed E-state index contributed by atoms with van der Waals surface area (Å²) >= 11 is 12.0. The van der Waals surface area contributed by atoms with E-state index in [2.05, 4.69) is 36.5 Å². The molecule has 2 rings (SSSR count). The number of hydrogen-bond donors (Lipinski definition) is 1. The van der Waals surface area contributed by atoms with Crippen molar-refractivity contribution < 1.29 is 4.74 Å². The van der Waals surface area contributed by atoms with Crippen molar-refractivity contribution in [1.82, 2.24) is 5.32 Å². The fraction of sp³-hybridized carbons (Fsp3) is 0.294. The Balaban J connectivity index is 1.99. The van der Waals surface area contributed by atoms with E-state index in [1.165, 1.54) is 5.56 Å². The van der Waals surface area contributed by atoms with Crippen molar-refractivity contribution in [3.8, 4) is 5.75 Å². The summed E-state index contributed by atoms with van der Waals surface area (Å²) in [5.41, 5.74) is 2.42. The predicted molar refractivity (Wildman–Crippen MR) is 89.6 cm³/mol. The summed E-state index contributed by atoms with van der Waals surface area (Å²) in [6, 6.07) is 13.7. The van der Waals surface area contributed by atoms with Crippen molar-refractivity contribution >= 4 is 23.2 Å². The highest BCUT2D eigenvalue weighted by atomic mass is 35.5. The zero-order valence-corrected chi connectivity index (χ0v) is 13.7. The quantitative estimate of drug-likeness (QED) is 0.816. The van der Waals surface area contributed by atoms with Crippen LogP contribution in [-0.2, 0) is 6.61 Å². The first kappa shape index (κ1) is 16.2. The first-order valence-corrected chi connectivity index (χ1v) is 7.67. The maximum absolute atomic E-state index is 6.07. The smallest absolute Gasteiger partial charge is 0.139 e. The largest absolute Gasteiger partial charge is 0.487 e. The lowest BCUT2D eigenvalue weighted by molar-refractivity contribution is 0.306. The Bertz CT molecular complexity index is 584. The van der Waals surface area contributed by atoms with Gasteiger partial charge in [-0.2, -0.15) is 0 Å². The van der Waals surface area contributed by atoms with E-state index in [4.69, 9.17) is 27.9 Å². The van der Waals surface area contributed by atoms with E-state index in [0.29, 0.717) is 28.3 Å². The zero-order chi connectivity index (χ0) is 15.2. The second kappa shape index (κ2) is 7.69. The number of ether oxygens (including phenoxy) is 1. The summed E-state index contributed by atoms with van der Waals surface area (Å²) in [4.78, 5) is 0. The molecule has 2 aromatic rings. The van der Waals surface area contributed by atoms with E-state index in [9.17, 15) is 0 Å². The molecular weight excluding hydrogens is 305 g/mol. The molecule has 1 N–H and O–H groups in total. The van der Waals surface area contributed by atoms with Crippen molar-refractivity contribution in [2.24, 2.45) is 0 Å². The van der Waals surface area contributed by atoms with Gasteiger partial charge in [0.05, 0.1) is 5.02 Å². The minimum atomic E-state index is 0.473. The standard InChI is InChI=1S/C17H19Cl2NO/c1-12(10-20-2)14-5-3-13(4-6-14)11-21-17-9-15(18)7-8-16(17)19/h3-9,12,20H,10-11H2,1-2H3. The summed E-state index contributed by atoms with van der Waals surface area (Å²) < 4.78 is 5.72. The Morgan fingerprint density at radius 1 is 1.10 bits per heavy atom. The van der Waals surface area contributed by atoms with Gasteiger partial charge in [0.2, 0.25) is 0 Å². The van der Waals surface area contributed by atoms with Crippen LogP contribution in [0.3, 0.4) is 0 Å². The number of rotatable bonds is 6. The molecule has 0 aliphatic carbocycles. The molecular formula is C17H19Cl2NO. The molecule has 0 spiro atoms. The Morgan fingerprint density at radius 3 is 2.48 bits per heavy atom. The predicted octanol–water partition coefficient (Wildman–Crippen LogP) is 4.90. The second-order valence-corrected chi connectivity index (χ2v) is 5.91. The van der Waals surface area contributed by atoms with Crippen molar-refractivity contribution in [2.45, 2.75) is 19.4 Å². The average Bonchev–Trinajstić information content (AvgIpc) is 2.49. The molecule has 0 radical (unpaired) electrons. The van der Waals surface area contributed by atoms with Crippen LogP contribution < -0.4 is 10.1 Å². The van der Waals surface area contributed by atoms with Crippen molar-refractivity contribution in [2.75, 3.05) is 13.6 Å². The monoisotopic (exact) mass is 323 g/mol. The van der Waals surface area contributed by atoms with Crippen LogP contribution in [0.15, 0.2) is 42.5 Å². The lowest BCUT2D eigenvalue weighted by atomic mass is 10.00. The minimum absolute atomic E-state index is 0.473. The molecule has 0 amide bonds. The molecule has 0 bridgehead atoms. The van der Waals surface area contributed by atoms with Crippen LogP contribution >= 0.6 is 23.2 Å². The van der Waals surface area contributed by atoms with Crippen molar-refractivity contribution in [3.63, 3.8) is 0 Å². The molecule has 21 heavy (non-hydrogen) atoms. The van der Waals surface area contributed by atoms with Crippen LogP contribution in [0.25, 0.3) is 0 Å². The molecule has 2 aromatic carbocycles. The third-order valence-corrected chi connectivity index (χ3v) is 3.89. The Morgan fingerprint density at radius 2 is 1.81 bits per heavy atom. The first-order valence-electron chi connectivity index (χ1n) is 6.91. The van der Waals surface area contributed by atoms with E-state index in [0.717, 1.165) is 12.1 Å². The highest BCUT2D eigenvalue weighted by molar-refractivity contribution is 6.34. The molecule has 0 aromatic heterocycles. The summed E-state index contributed by atoms with van der Waals surface area (Å²) in [5, 5.41) is 4.37. The normalized spacial score (nSPS) is 12.2. The van der Waals surface area contributed by atoms with Crippen LogP contribution in [0.5, 0.6) is 5.75 Å². The Hall–Kier alpha value is -1.22. The number of nitrogens with one attached hydrogen (secondary N) is 1. The van der Waals surface area contributed by atoms with E-state index in [1.54, 1.807) is 18.2 Å². The SMILES string of the molecule is CNCC(C)c1ccc(COc2cc(Cl)ccc2Cl)cc1. The number of benzene rings is 2. The molecule has 4 heteroatoms. The first-order chi connectivity index (χ1) is 10.1. The summed E-state index contributed by atoms with van der Waals surface area (Å²) in [6.45, 7) is 3.64. The Labute approximate surface area is 136 Å².